The number of carboxylic acid groups (broad SMARTS) is 1. The van der Waals surface area contributed by atoms with Gasteiger partial charge in [-0.3, -0.25) is 24.0 Å². The number of amides is 5. The predicted octanol–water partition coefficient (Wildman–Crippen LogP) is -5.47. The number of nitrogens with two attached hydrogens (primary N) is 3. The molecule has 4 atom stereocenters. The second-order valence-electron chi connectivity index (χ2n) is 5.83. The number of aliphatic carboxylic acids is 1. The van der Waals surface area contributed by atoms with Crippen molar-refractivity contribution in [3.05, 3.63) is 0 Å². The van der Waals surface area contributed by atoms with Gasteiger partial charge in [0.1, 0.15) is 18.1 Å². The molecule has 0 saturated carbocycles. The highest BCUT2D eigenvalue weighted by Crippen LogP contribution is 1.97. The maximum Gasteiger partial charge on any atom is 0.326 e. The van der Waals surface area contributed by atoms with Gasteiger partial charge in [-0.05, 0) is 0 Å². The summed E-state index contributed by atoms with van der Waals surface area (Å²) in [6.45, 7) is -0.922. The highest BCUT2D eigenvalue weighted by atomic mass is 32.1. The highest BCUT2D eigenvalue weighted by molar-refractivity contribution is 7.80. The number of hydrogen-bond acceptors (Lipinski definition) is 9. The van der Waals surface area contributed by atoms with E-state index in [1.165, 1.54) is 0 Å². The summed E-state index contributed by atoms with van der Waals surface area (Å²) in [5.74, 6) is -6.55. The minimum absolute atomic E-state index is 0.236. The summed E-state index contributed by atoms with van der Waals surface area (Å²) in [6, 6.07) is -5.88. The molecule has 0 fully saturated rings. The number of thiol groups is 1. The summed E-state index contributed by atoms with van der Waals surface area (Å²) < 4.78 is 0. The predicted molar refractivity (Wildman–Crippen MR) is 100.0 cm³/mol. The molecular weight excluding hydrogens is 412 g/mol. The second kappa shape index (κ2) is 12.5. The van der Waals surface area contributed by atoms with E-state index in [0.29, 0.717) is 0 Å². The zero-order valence-electron chi connectivity index (χ0n) is 15.2. The summed E-state index contributed by atoms with van der Waals surface area (Å²) in [5.41, 5.74) is 15.3. The lowest BCUT2D eigenvalue weighted by Crippen LogP contribution is -2.59. The first-order valence-corrected chi connectivity index (χ1v) is 8.73. The van der Waals surface area contributed by atoms with Gasteiger partial charge in [-0.1, -0.05) is 0 Å². The molecule has 0 aliphatic rings. The van der Waals surface area contributed by atoms with Gasteiger partial charge in [0.15, 0.2) is 0 Å². The molecule has 0 heterocycles. The van der Waals surface area contributed by atoms with E-state index in [2.05, 4.69) is 23.3 Å². The number of carbonyl (C=O) groups is 6. The number of nitrogens with one attached hydrogen (secondary N) is 3. The lowest BCUT2D eigenvalue weighted by molar-refractivity contribution is -0.144. The summed E-state index contributed by atoms with van der Waals surface area (Å²) in [7, 11) is 0. The van der Waals surface area contributed by atoms with E-state index < -0.39 is 79.1 Å². The molecule has 0 spiro atoms. The van der Waals surface area contributed by atoms with Crippen molar-refractivity contribution >= 4 is 48.1 Å². The third-order valence-corrected chi connectivity index (χ3v) is 3.77. The molecule has 0 aliphatic carbocycles. The fourth-order valence-corrected chi connectivity index (χ4v) is 2.18. The van der Waals surface area contributed by atoms with E-state index in [9.17, 15) is 33.9 Å². The molecule has 0 aromatic rings. The third-order valence-electron chi connectivity index (χ3n) is 3.41. The van der Waals surface area contributed by atoms with E-state index in [4.69, 9.17) is 22.3 Å². The van der Waals surface area contributed by atoms with Crippen molar-refractivity contribution < 1.29 is 39.0 Å². The SMILES string of the molecule is NC(=O)C[C@H](NC(=O)[C@H](CO)NC(=O)[C@H](CS)NC(=O)[C@@H](N)CC(N)=O)C(=O)O. The Morgan fingerprint density at radius 3 is 1.66 bits per heavy atom. The molecule has 0 bridgehead atoms. The zero-order chi connectivity index (χ0) is 22.7. The van der Waals surface area contributed by atoms with Crippen LogP contribution < -0.4 is 33.2 Å². The van der Waals surface area contributed by atoms with Crippen LogP contribution in [0.25, 0.3) is 0 Å². The topological polar surface area (TPSA) is 257 Å². The van der Waals surface area contributed by atoms with E-state index in [1.54, 1.807) is 0 Å². The standard InChI is InChI=1S/C14H24N6O8S/c15-5(1-9(16)22)11(24)20-8(4-29)13(26)19-7(3-21)12(25)18-6(14(27)28)2-10(17)23/h5-8,21,29H,1-4,15H2,(H2,16,22)(H2,17,23)(H,18,25)(H,19,26)(H,20,24)(H,27,28)/t5-,6-,7-,8-/m0/s1. The molecule has 14 nitrogen and oxygen atoms in total. The van der Waals surface area contributed by atoms with E-state index in [-0.39, 0.29) is 5.75 Å². The minimum atomic E-state index is -1.67. The summed E-state index contributed by atoms with van der Waals surface area (Å²) in [5, 5.41) is 24.5. The maximum absolute atomic E-state index is 12.2. The molecule has 0 unspecified atom stereocenters. The number of carbonyl (C=O) groups excluding carboxylic acids is 5. The normalized spacial score (nSPS) is 14.6. The smallest absolute Gasteiger partial charge is 0.326 e. The van der Waals surface area contributed by atoms with Gasteiger partial charge in [-0.15, -0.1) is 0 Å². The first-order valence-electron chi connectivity index (χ1n) is 8.10. The largest absolute Gasteiger partial charge is 0.480 e. The van der Waals surface area contributed by atoms with Gasteiger partial charge in [-0.25, -0.2) is 4.79 Å². The maximum atomic E-state index is 12.2. The van der Waals surface area contributed by atoms with Crippen LogP contribution in [0.5, 0.6) is 0 Å². The number of aliphatic hydroxyl groups is 1. The monoisotopic (exact) mass is 436 g/mol. The average molecular weight is 436 g/mol. The lowest BCUT2D eigenvalue weighted by Gasteiger charge is -2.23. The Morgan fingerprint density at radius 1 is 0.793 bits per heavy atom. The lowest BCUT2D eigenvalue weighted by atomic mass is 10.1. The molecule has 0 rings (SSSR count). The Bertz CT molecular complexity index is 660. The molecule has 11 N–H and O–H groups in total. The van der Waals surface area contributed by atoms with Crippen molar-refractivity contribution in [3.8, 4) is 0 Å². The Labute approximate surface area is 170 Å². The van der Waals surface area contributed by atoms with Crippen LogP contribution in [0.3, 0.4) is 0 Å². The third kappa shape index (κ3) is 9.72. The molecule has 0 radical (unpaired) electrons. The number of carboxylic acids is 1. The molecule has 15 heteroatoms. The molecule has 5 amide bonds. The number of rotatable bonds is 13. The number of primary amides is 2. The van der Waals surface area contributed by atoms with Crippen LogP contribution in [0.15, 0.2) is 0 Å². The zero-order valence-corrected chi connectivity index (χ0v) is 16.1. The Kier molecular flexibility index (Phi) is 11.3. The van der Waals surface area contributed by atoms with Crippen LogP contribution in [0, 0.1) is 0 Å². The van der Waals surface area contributed by atoms with Gasteiger partial charge >= 0.3 is 5.97 Å². The quantitative estimate of drug-likeness (QED) is 0.125. The van der Waals surface area contributed by atoms with Gasteiger partial charge in [0.2, 0.25) is 29.5 Å². The first-order chi connectivity index (χ1) is 13.4. The fourth-order valence-electron chi connectivity index (χ4n) is 1.92. The van der Waals surface area contributed by atoms with Crippen LogP contribution in [-0.2, 0) is 28.8 Å². The van der Waals surface area contributed by atoms with Crippen molar-refractivity contribution in [1.29, 1.82) is 0 Å². The van der Waals surface area contributed by atoms with Crippen LogP contribution in [0.1, 0.15) is 12.8 Å². The highest BCUT2D eigenvalue weighted by Gasteiger charge is 2.30. The first kappa shape index (κ1) is 26.1. The molecule has 0 aliphatic heterocycles. The van der Waals surface area contributed by atoms with Crippen LogP contribution in [-0.4, -0.2) is 82.2 Å². The van der Waals surface area contributed by atoms with Crippen molar-refractivity contribution in [3.63, 3.8) is 0 Å². The molecule has 0 aromatic heterocycles. The Morgan fingerprint density at radius 2 is 1.24 bits per heavy atom. The van der Waals surface area contributed by atoms with Crippen molar-refractivity contribution in [1.82, 2.24) is 16.0 Å². The summed E-state index contributed by atoms with van der Waals surface area (Å²) in [4.78, 5) is 68.9. The van der Waals surface area contributed by atoms with Gasteiger partial charge < -0.3 is 43.4 Å². The van der Waals surface area contributed by atoms with Gasteiger partial charge in [0.25, 0.3) is 0 Å². The summed E-state index contributed by atoms with van der Waals surface area (Å²) in [6.07, 6.45) is -1.18. The Hall–Kier alpha value is -2.91. The van der Waals surface area contributed by atoms with Crippen molar-refractivity contribution in [2.24, 2.45) is 17.2 Å². The Balaban J connectivity index is 5.02. The molecule has 29 heavy (non-hydrogen) atoms. The molecule has 0 aromatic carbocycles. The average Bonchev–Trinajstić information content (AvgIpc) is 2.61. The van der Waals surface area contributed by atoms with E-state index in [1.807, 2.05) is 5.32 Å². The molecular formula is C14H24N6O8S. The fraction of sp³-hybridized carbons (Fsp3) is 0.571. The summed E-state index contributed by atoms with van der Waals surface area (Å²) >= 11 is 3.89. The van der Waals surface area contributed by atoms with Gasteiger partial charge in [0.05, 0.1) is 25.5 Å². The van der Waals surface area contributed by atoms with E-state index >= 15 is 0 Å². The van der Waals surface area contributed by atoms with Crippen LogP contribution >= 0.6 is 12.6 Å². The van der Waals surface area contributed by atoms with Crippen LogP contribution in [0.4, 0.5) is 0 Å². The number of hydrogen-bond donors (Lipinski definition) is 9. The van der Waals surface area contributed by atoms with Gasteiger partial charge in [0, 0.05) is 5.75 Å². The minimum Gasteiger partial charge on any atom is -0.480 e. The molecule has 164 valence electrons. The second-order valence-corrected chi connectivity index (χ2v) is 6.20. The van der Waals surface area contributed by atoms with Crippen molar-refractivity contribution in [2.75, 3.05) is 12.4 Å². The number of aliphatic hydroxyl groups excluding tert-OH is 1. The van der Waals surface area contributed by atoms with E-state index in [0.717, 1.165) is 0 Å². The van der Waals surface area contributed by atoms with Crippen LogP contribution in [0.2, 0.25) is 0 Å². The molecule has 0 saturated heterocycles. The van der Waals surface area contributed by atoms with Crippen molar-refractivity contribution in [2.45, 2.75) is 37.0 Å². The van der Waals surface area contributed by atoms with Gasteiger partial charge in [-0.2, -0.15) is 12.6 Å².